The van der Waals surface area contributed by atoms with Crippen LogP contribution in [0.5, 0.6) is 0 Å². The maximum atomic E-state index is 6.08. The minimum atomic E-state index is 0.468. The van der Waals surface area contributed by atoms with Gasteiger partial charge in [-0.3, -0.25) is 4.90 Å². The second-order valence-corrected chi connectivity index (χ2v) is 7.16. The van der Waals surface area contributed by atoms with Gasteiger partial charge in [-0.1, -0.05) is 25.7 Å². The lowest BCUT2D eigenvalue weighted by Gasteiger charge is -2.41. The Labute approximate surface area is 118 Å². The van der Waals surface area contributed by atoms with Gasteiger partial charge in [0, 0.05) is 38.8 Å². The van der Waals surface area contributed by atoms with Crippen LogP contribution in [0.25, 0.3) is 0 Å². The van der Waals surface area contributed by atoms with Crippen molar-refractivity contribution in [3.05, 3.63) is 0 Å². The van der Waals surface area contributed by atoms with E-state index in [0.717, 1.165) is 12.6 Å². The summed E-state index contributed by atoms with van der Waals surface area (Å²) in [5.41, 5.74) is 6.54. The Balaban J connectivity index is 1.47. The summed E-state index contributed by atoms with van der Waals surface area (Å²) in [6.07, 6.45) is 11.4. The smallest absolute Gasteiger partial charge is 0.0113 e. The molecular weight excluding hydrogens is 234 g/mol. The summed E-state index contributed by atoms with van der Waals surface area (Å²) in [7, 11) is 0. The zero-order chi connectivity index (χ0) is 13.1. The molecule has 19 heavy (non-hydrogen) atoms. The first-order chi connectivity index (χ1) is 9.31. The second kappa shape index (κ2) is 6.11. The molecule has 3 heteroatoms. The lowest BCUT2D eigenvalue weighted by Crippen LogP contribution is -2.52. The molecule has 2 N–H and O–H groups in total. The molecular formula is C16H31N3. The lowest BCUT2D eigenvalue weighted by atomic mass is 9.85. The SMILES string of the molecule is NCC1(CN2CCN(C3CCCC3)CC2)CCCC1. The van der Waals surface area contributed by atoms with Gasteiger partial charge in [-0.25, -0.2) is 0 Å². The van der Waals surface area contributed by atoms with Gasteiger partial charge in [-0.15, -0.1) is 0 Å². The van der Waals surface area contributed by atoms with Crippen molar-refractivity contribution in [3.63, 3.8) is 0 Å². The molecule has 3 aliphatic rings. The van der Waals surface area contributed by atoms with Crippen molar-refractivity contribution in [1.82, 2.24) is 9.80 Å². The van der Waals surface area contributed by atoms with Gasteiger partial charge in [0.1, 0.15) is 0 Å². The van der Waals surface area contributed by atoms with Crippen LogP contribution in [0.15, 0.2) is 0 Å². The van der Waals surface area contributed by atoms with Crippen LogP contribution in [-0.4, -0.2) is 55.1 Å². The molecule has 1 heterocycles. The van der Waals surface area contributed by atoms with Crippen LogP contribution in [-0.2, 0) is 0 Å². The molecule has 3 fully saturated rings. The van der Waals surface area contributed by atoms with Crippen molar-refractivity contribution in [3.8, 4) is 0 Å². The predicted molar refractivity (Wildman–Crippen MR) is 80.2 cm³/mol. The van der Waals surface area contributed by atoms with Crippen molar-refractivity contribution in [1.29, 1.82) is 0 Å². The molecule has 0 bridgehead atoms. The Morgan fingerprint density at radius 3 is 2.11 bits per heavy atom. The predicted octanol–water partition coefficient (Wildman–Crippen LogP) is 2.07. The van der Waals surface area contributed by atoms with Gasteiger partial charge < -0.3 is 10.6 Å². The lowest BCUT2D eigenvalue weighted by molar-refractivity contribution is 0.0673. The number of nitrogens with two attached hydrogens (primary N) is 1. The normalized spacial score (nSPS) is 30.2. The summed E-state index contributed by atoms with van der Waals surface area (Å²) in [5.74, 6) is 0. The maximum Gasteiger partial charge on any atom is 0.0113 e. The van der Waals surface area contributed by atoms with Gasteiger partial charge in [0.05, 0.1) is 0 Å². The van der Waals surface area contributed by atoms with Crippen molar-refractivity contribution in [2.75, 3.05) is 39.3 Å². The van der Waals surface area contributed by atoms with Crippen LogP contribution in [0.4, 0.5) is 0 Å². The van der Waals surface area contributed by atoms with Gasteiger partial charge in [0.15, 0.2) is 0 Å². The van der Waals surface area contributed by atoms with Crippen LogP contribution >= 0.6 is 0 Å². The molecule has 0 spiro atoms. The molecule has 0 aromatic heterocycles. The molecule has 0 radical (unpaired) electrons. The molecule has 0 atom stereocenters. The van der Waals surface area contributed by atoms with Crippen molar-refractivity contribution >= 4 is 0 Å². The quantitative estimate of drug-likeness (QED) is 0.844. The van der Waals surface area contributed by atoms with Gasteiger partial charge in [-0.2, -0.15) is 0 Å². The average Bonchev–Trinajstić information content (AvgIpc) is 3.11. The van der Waals surface area contributed by atoms with E-state index < -0.39 is 0 Å². The second-order valence-electron chi connectivity index (χ2n) is 7.16. The van der Waals surface area contributed by atoms with Crippen LogP contribution in [0, 0.1) is 5.41 Å². The highest BCUT2D eigenvalue weighted by Crippen LogP contribution is 2.38. The molecule has 2 saturated carbocycles. The number of nitrogens with zero attached hydrogens (tertiary/aromatic N) is 2. The van der Waals surface area contributed by atoms with E-state index >= 15 is 0 Å². The Kier molecular flexibility index (Phi) is 4.45. The topological polar surface area (TPSA) is 32.5 Å². The first-order valence-electron chi connectivity index (χ1n) is 8.48. The molecule has 0 aromatic rings. The highest BCUT2D eigenvalue weighted by atomic mass is 15.3. The van der Waals surface area contributed by atoms with Crippen LogP contribution in [0.1, 0.15) is 51.4 Å². The zero-order valence-electron chi connectivity index (χ0n) is 12.4. The first kappa shape index (κ1) is 13.8. The Bertz CT molecular complexity index is 272. The van der Waals surface area contributed by atoms with E-state index in [4.69, 9.17) is 5.73 Å². The molecule has 0 amide bonds. The van der Waals surface area contributed by atoms with E-state index in [1.54, 1.807) is 0 Å². The van der Waals surface area contributed by atoms with Crippen LogP contribution in [0.3, 0.4) is 0 Å². The number of hydrogen-bond acceptors (Lipinski definition) is 3. The van der Waals surface area contributed by atoms with Gasteiger partial charge >= 0.3 is 0 Å². The molecule has 110 valence electrons. The van der Waals surface area contributed by atoms with Gasteiger partial charge in [0.25, 0.3) is 0 Å². The minimum absolute atomic E-state index is 0.468. The molecule has 3 rings (SSSR count). The third-order valence-corrected chi connectivity index (χ3v) is 5.90. The van der Waals surface area contributed by atoms with Crippen molar-refractivity contribution in [2.45, 2.75) is 57.4 Å². The third-order valence-electron chi connectivity index (χ3n) is 5.90. The van der Waals surface area contributed by atoms with E-state index in [9.17, 15) is 0 Å². The standard InChI is InChI=1S/C16H31N3/c17-13-16(7-3-4-8-16)14-18-9-11-19(12-10-18)15-5-1-2-6-15/h15H,1-14,17H2. The molecule has 2 aliphatic carbocycles. The fourth-order valence-corrected chi connectivity index (χ4v) is 4.58. The van der Waals surface area contributed by atoms with Crippen molar-refractivity contribution in [2.24, 2.45) is 11.1 Å². The van der Waals surface area contributed by atoms with Gasteiger partial charge in [-0.05, 0) is 37.6 Å². The molecule has 0 aromatic carbocycles. The fourth-order valence-electron chi connectivity index (χ4n) is 4.58. The fraction of sp³-hybridized carbons (Fsp3) is 1.00. The van der Waals surface area contributed by atoms with Crippen LogP contribution < -0.4 is 5.73 Å². The molecule has 1 saturated heterocycles. The summed E-state index contributed by atoms with van der Waals surface area (Å²) in [6.45, 7) is 7.31. The molecule has 1 aliphatic heterocycles. The molecule has 0 unspecified atom stereocenters. The van der Waals surface area contributed by atoms with E-state index in [2.05, 4.69) is 9.80 Å². The summed E-state index contributed by atoms with van der Waals surface area (Å²) in [5, 5.41) is 0. The van der Waals surface area contributed by atoms with Crippen molar-refractivity contribution < 1.29 is 0 Å². The number of hydrogen-bond donors (Lipinski definition) is 1. The first-order valence-corrected chi connectivity index (χ1v) is 8.48. The number of rotatable bonds is 4. The van der Waals surface area contributed by atoms with E-state index in [1.165, 1.54) is 84.1 Å². The Morgan fingerprint density at radius 2 is 1.53 bits per heavy atom. The third kappa shape index (κ3) is 3.14. The Morgan fingerprint density at radius 1 is 0.895 bits per heavy atom. The molecule has 3 nitrogen and oxygen atoms in total. The number of piperazine rings is 1. The minimum Gasteiger partial charge on any atom is -0.330 e. The summed E-state index contributed by atoms with van der Waals surface area (Å²) >= 11 is 0. The van der Waals surface area contributed by atoms with E-state index in [0.29, 0.717) is 5.41 Å². The van der Waals surface area contributed by atoms with E-state index in [1.807, 2.05) is 0 Å². The average molecular weight is 265 g/mol. The Hall–Kier alpha value is -0.120. The zero-order valence-corrected chi connectivity index (χ0v) is 12.4. The van der Waals surface area contributed by atoms with E-state index in [-0.39, 0.29) is 0 Å². The summed E-state index contributed by atoms with van der Waals surface area (Å²) < 4.78 is 0. The maximum absolute atomic E-state index is 6.08. The highest BCUT2D eigenvalue weighted by Gasteiger charge is 2.35. The highest BCUT2D eigenvalue weighted by molar-refractivity contribution is 4.90. The van der Waals surface area contributed by atoms with Crippen LogP contribution in [0.2, 0.25) is 0 Å². The largest absolute Gasteiger partial charge is 0.330 e. The monoisotopic (exact) mass is 265 g/mol. The summed E-state index contributed by atoms with van der Waals surface area (Å²) in [4.78, 5) is 5.46. The summed E-state index contributed by atoms with van der Waals surface area (Å²) in [6, 6.07) is 0.914. The van der Waals surface area contributed by atoms with Gasteiger partial charge in [0.2, 0.25) is 0 Å².